The molecular weight excluding hydrogens is 640 g/mol. The van der Waals surface area contributed by atoms with Crippen LogP contribution in [0.25, 0.3) is 0 Å². The lowest BCUT2D eigenvalue weighted by molar-refractivity contribution is 0.619. The molecule has 0 bridgehead atoms. The number of alkyl halides is 2. The number of aryl methyl sites for hydroxylation is 2. The second-order valence-electron chi connectivity index (χ2n) is 17.2. The van der Waals surface area contributed by atoms with Crippen LogP contribution in [0.5, 0.6) is 0 Å². The normalized spacial score (nSPS) is 13.0. The van der Waals surface area contributed by atoms with Crippen LogP contribution < -0.4 is 0 Å². The summed E-state index contributed by atoms with van der Waals surface area (Å²) in [5, 5.41) is 0. The smallest absolute Gasteiger partial charge is 0.0474 e. The standard InChI is InChI=1S/C38H68Cl2Si4/c1-41(2,29-31-43(5,6)27-23-35-15-19-37(33-39)20-16-35)25-13-11-9-10-12-14-26-42(3,4)30-32-44(7,8)28-24-36-17-21-38(34-40)22-18-36/h15-22H,9-14,23-34H2,1-8H3. The van der Waals surface area contributed by atoms with Gasteiger partial charge in [-0.15, -0.1) is 23.2 Å². The monoisotopic (exact) mass is 706 g/mol. The van der Waals surface area contributed by atoms with Crippen LogP contribution in [0.4, 0.5) is 0 Å². The van der Waals surface area contributed by atoms with Crippen LogP contribution in [0, 0.1) is 0 Å². The van der Waals surface area contributed by atoms with E-state index in [1.165, 1.54) is 110 Å². The van der Waals surface area contributed by atoms with E-state index in [1.807, 2.05) is 0 Å². The summed E-state index contributed by atoms with van der Waals surface area (Å²) in [4.78, 5) is 0. The van der Waals surface area contributed by atoms with Crippen LogP contribution in [0.15, 0.2) is 48.5 Å². The fraction of sp³-hybridized carbons (Fsp3) is 0.684. The Kier molecular flexibility index (Phi) is 17.9. The Morgan fingerprint density at radius 2 is 0.591 bits per heavy atom. The minimum atomic E-state index is -1.13. The fourth-order valence-electron chi connectivity index (χ4n) is 6.32. The summed E-state index contributed by atoms with van der Waals surface area (Å²) in [5.74, 6) is 1.24. The molecule has 0 spiro atoms. The van der Waals surface area contributed by atoms with Crippen LogP contribution in [-0.4, -0.2) is 32.3 Å². The van der Waals surface area contributed by atoms with Crippen LogP contribution in [0.1, 0.15) is 60.8 Å². The Hall–Kier alpha value is -0.112. The van der Waals surface area contributed by atoms with Crippen molar-refractivity contribution in [2.75, 3.05) is 0 Å². The van der Waals surface area contributed by atoms with Gasteiger partial charge in [0.25, 0.3) is 0 Å². The molecule has 0 radical (unpaired) electrons. The number of halogens is 2. The molecule has 0 unspecified atom stereocenters. The summed E-state index contributed by atoms with van der Waals surface area (Å²) in [6.45, 7) is 21.2. The van der Waals surface area contributed by atoms with Gasteiger partial charge in [-0.2, -0.15) is 0 Å². The molecule has 44 heavy (non-hydrogen) atoms. The predicted molar refractivity (Wildman–Crippen MR) is 215 cm³/mol. The van der Waals surface area contributed by atoms with Crippen molar-refractivity contribution in [1.29, 1.82) is 0 Å². The molecule has 2 aromatic rings. The number of hydrogen-bond donors (Lipinski definition) is 0. The first kappa shape index (κ1) is 40.1. The van der Waals surface area contributed by atoms with Crippen LogP contribution in [0.2, 0.25) is 101 Å². The molecule has 0 saturated carbocycles. The second-order valence-corrected chi connectivity index (χ2v) is 39.0. The van der Waals surface area contributed by atoms with Gasteiger partial charge in [-0.25, -0.2) is 0 Å². The Morgan fingerprint density at radius 3 is 0.886 bits per heavy atom. The second kappa shape index (κ2) is 19.6. The highest BCUT2D eigenvalue weighted by Gasteiger charge is 2.28. The lowest BCUT2D eigenvalue weighted by Gasteiger charge is -2.29. The van der Waals surface area contributed by atoms with Crippen molar-refractivity contribution in [1.82, 2.24) is 0 Å². The van der Waals surface area contributed by atoms with E-state index in [-0.39, 0.29) is 0 Å². The molecule has 0 heterocycles. The quantitative estimate of drug-likeness (QED) is 0.0613. The zero-order valence-corrected chi connectivity index (χ0v) is 35.6. The number of unbranched alkanes of at least 4 members (excludes halogenated alkanes) is 5. The van der Waals surface area contributed by atoms with Gasteiger partial charge in [-0.3, -0.25) is 0 Å². The van der Waals surface area contributed by atoms with Gasteiger partial charge in [0.15, 0.2) is 0 Å². The highest BCUT2D eigenvalue weighted by Crippen LogP contribution is 2.30. The molecule has 0 atom stereocenters. The predicted octanol–water partition coefficient (Wildman–Crippen LogP) is 14.1. The first-order valence-corrected chi connectivity index (χ1v) is 32.6. The third kappa shape index (κ3) is 17.7. The molecule has 0 aliphatic heterocycles. The summed E-state index contributed by atoms with van der Waals surface area (Å²) >= 11 is 11.9. The van der Waals surface area contributed by atoms with Crippen molar-refractivity contribution < 1.29 is 0 Å². The minimum absolute atomic E-state index is 0.619. The maximum absolute atomic E-state index is 5.96. The molecule has 0 fully saturated rings. The zero-order valence-electron chi connectivity index (χ0n) is 30.1. The van der Waals surface area contributed by atoms with Crippen molar-refractivity contribution in [3.8, 4) is 0 Å². The Bertz CT molecular complexity index is 960. The van der Waals surface area contributed by atoms with Gasteiger partial charge in [-0.1, -0.05) is 188 Å². The van der Waals surface area contributed by atoms with Crippen molar-refractivity contribution in [2.45, 2.75) is 164 Å². The van der Waals surface area contributed by atoms with Gasteiger partial charge in [-0.05, 0) is 35.1 Å². The molecule has 0 amide bonds. The van der Waals surface area contributed by atoms with Gasteiger partial charge >= 0.3 is 0 Å². The van der Waals surface area contributed by atoms with Crippen LogP contribution in [0.3, 0.4) is 0 Å². The van der Waals surface area contributed by atoms with Gasteiger partial charge in [0.1, 0.15) is 0 Å². The number of rotatable bonds is 23. The molecule has 2 aromatic carbocycles. The molecule has 2 rings (SSSR count). The van der Waals surface area contributed by atoms with E-state index in [2.05, 4.69) is 101 Å². The average molecular weight is 708 g/mol. The largest absolute Gasteiger partial charge is 0.122 e. The highest BCUT2D eigenvalue weighted by molar-refractivity contribution is 6.83. The van der Waals surface area contributed by atoms with Crippen molar-refractivity contribution in [3.05, 3.63) is 70.8 Å². The number of benzene rings is 2. The topological polar surface area (TPSA) is 0 Å². The van der Waals surface area contributed by atoms with Gasteiger partial charge in [0.2, 0.25) is 0 Å². The van der Waals surface area contributed by atoms with E-state index in [4.69, 9.17) is 23.2 Å². The van der Waals surface area contributed by atoms with E-state index in [9.17, 15) is 0 Å². The fourth-order valence-corrected chi connectivity index (χ4v) is 22.9. The third-order valence-electron chi connectivity index (χ3n) is 10.4. The first-order valence-electron chi connectivity index (χ1n) is 17.9. The van der Waals surface area contributed by atoms with Crippen LogP contribution >= 0.6 is 23.2 Å². The zero-order chi connectivity index (χ0) is 32.7. The maximum Gasteiger partial charge on any atom is 0.0474 e. The third-order valence-corrected chi connectivity index (χ3v) is 25.1. The molecule has 250 valence electrons. The molecule has 0 aliphatic rings. The molecule has 0 aromatic heterocycles. The summed E-state index contributed by atoms with van der Waals surface area (Å²) in [7, 11) is -4.39. The van der Waals surface area contributed by atoms with E-state index in [1.54, 1.807) is 12.1 Å². The molecule has 0 nitrogen and oxygen atoms in total. The van der Waals surface area contributed by atoms with Crippen molar-refractivity contribution >= 4 is 55.5 Å². The Balaban J connectivity index is 1.54. The van der Waals surface area contributed by atoms with E-state index >= 15 is 0 Å². The summed E-state index contributed by atoms with van der Waals surface area (Å²) in [6, 6.07) is 30.0. The number of hydrogen-bond acceptors (Lipinski definition) is 0. The Morgan fingerprint density at radius 1 is 0.341 bits per heavy atom. The summed E-state index contributed by atoms with van der Waals surface area (Å²) in [6.07, 6.45) is 11.3. The molecule has 0 aliphatic carbocycles. The summed E-state index contributed by atoms with van der Waals surface area (Å²) < 4.78 is 0. The van der Waals surface area contributed by atoms with Gasteiger partial charge < -0.3 is 0 Å². The van der Waals surface area contributed by atoms with Gasteiger partial charge in [0.05, 0.1) is 0 Å². The lowest BCUT2D eigenvalue weighted by Crippen LogP contribution is -2.32. The summed E-state index contributed by atoms with van der Waals surface area (Å²) in [5.41, 5.74) is 5.44. The lowest BCUT2D eigenvalue weighted by atomic mass is 10.1. The highest BCUT2D eigenvalue weighted by atomic mass is 35.5. The minimum Gasteiger partial charge on any atom is -0.122 e. The van der Waals surface area contributed by atoms with E-state index in [0.717, 1.165) is 0 Å². The molecule has 6 heteroatoms. The van der Waals surface area contributed by atoms with Gasteiger partial charge in [0, 0.05) is 44.1 Å². The van der Waals surface area contributed by atoms with Crippen LogP contribution in [-0.2, 0) is 24.6 Å². The average Bonchev–Trinajstić information content (AvgIpc) is 2.99. The maximum atomic E-state index is 5.96. The van der Waals surface area contributed by atoms with Crippen molar-refractivity contribution in [2.24, 2.45) is 0 Å². The molecule has 0 N–H and O–H groups in total. The molecule has 0 saturated heterocycles. The SMILES string of the molecule is C[Si](C)(CCCCCCCC[Si](C)(C)CC[Si](C)(C)CCc1ccc(CCl)cc1)CC[Si](C)(C)CCc1ccc(CCl)cc1. The first-order chi connectivity index (χ1) is 20.6. The van der Waals surface area contributed by atoms with E-state index in [0.29, 0.717) is 11.8 Å². The Labute approximate surface area is 288 Å². The van der Waals surface area contributed by atoms with E-state index < -0.39 is 32.3 Å². The molecular formula is C38H68Cl2Si4. The van der Waals surface area contributed by atoms with Crippen molar-refractivity contribution in [3.63, 3.8) is 0 Å².